The first kappa shape index (κ1) is 19.4. The summed E-state index contributed by atoms with van der Waals surface area (Å²) in [5.41, 5.74) is 1.74. The van der Waals surface area contributed by atoms with Crippen molar-refractivity contribution < 1.29 is 9.18 Å². The van der Waals surface area contributed by atoms with E-state index in [2.05, 4.69) is 40.5 Å². The van der Waals surface area contributed by atoms with Crippen molar-refractivity contribution in [1.29, 1.82) is 0 Å². The second kappa shape index (κ2) is 8.62. The highest BCUT2D eigenvalue weighted by Crippen LogP contribution is 2.21. The second-order valence-electron chi connectivity index (χ2n) is 7.61. The minimum atomic E-state index is -0.192. The normalized spacial score (nSPS) is 16.0. The number of carbonyl (C=O) groups excluding carboxylic acids is 1. The van der Waals surface area contributed by atoms with Crippen LogP contribution in [0.15, 0.2) is 66.7 Å². The average molecular weight is 391 g/mol. The third-order valence-electron chi connectivity index (χ3n) is 5.58. The van der Waals surface area contributed by atoms with Crippen LogP contribution < -0.4 is 10.2 Å². The molecule has 5 heteroatoms. The van der Waals surface area contributed by atoms with Crippen LogP contribution in [-0.2, 0) is 4.79 Å². The number of piperazine rings is 1. The van der Waals surface area contributed by atoms with Crippen molar-refractivity contribution in [1.82, 2.24) is 10.2 Å². The topological polar surface area (TPSA) is 35.6 Å². The van der Waals surface area contributed by atoms with Crippen molar-refractivity contribution in [2.24, 2.45) is 0 Å². The zero-order valence-electron chi connectivity index (χ0n) is 16.6. The molecule has 1 aliphatic rings. The van der Waals surface area contributed by atoms with Gasteiger partial charge in [0.05, 0.1) is 18.3 Å². The van der Waals surface area contributed by atoms with Gasteiger partial charge in [0.1, 0.15) is 5.82 Å². The Morgan fingerprint density at radius 3 is 2.41 bits per heavy atom. The van der Waals surface area contributed by atoms with E-state index < -0.39 is 0 Å². The van der Waals surface area contributed by atoms with Gasteiger partial charge in [-0.05, 0) is 41.5 Å². The minimum absolute atomic E-state index is 0.0185. The number of benzene rings is 3. The molecule has 4 rings (SSSR count). The Labute approximate surface area is 170 Å². The van der Waals surface area contributed by atoms with Gasteiger partial charge in [0, 0.05) is 26.2 Å². The van der Waals surface area contributed by atoms with E-state index in [0.717, 1.165) is 18.7 Å². The third-order valence-corrected chi connectivity index (χ3v) is 5.58. The first-order valence-corrected chi connectivity index (χ1v) is 10.1. The molecule has 1 unspecified atom stereocenters. The molecule has 150 valence electrons. The van der Waals surface area contributed by atoms with E-state index in [-0.39, 0.29) is 17.8 Å². The van der Waals surface area contributed by atoms with Crippen molar-refractivity contribution in [2.45, 2.75) is 13.0 Å². The molecule has 1 atom stereocenters. The van der Waals surface area contributed by atoms with Gasteiger partial charge in [-0.3, -0.25) is 9.69 Å². The number of amides is 1. The Hall–Kier alpha value is -2.92. The molecule has 0 aliphatic carbocycles. The molecule has 0 radical (unpaired) electrons. The molecule has 0 saturated carbocycles. The number of fused-ring (bicyclic) bond motifs is 1. The lowest BCUT2D eigenvalue weighted by atomic mass is 10.0. The Morgan fingerprint density at radius 1 is 0.966 bits per heavy atom. The molecule has 0 spiro atoms. The predicted molar refractivity (Wildman–Crippen MR) is 116 cm³/mol. The molecule has 1 fully saturated rings. The van der Waals surface area contributed by atoms with Gasteiger partial charge in [-0.1, -0.05) is 48.5 Å². The number of para-hydroxylation sites is 1. The zero-order valence-corrected chi connectivity index (χ0v) is 16.6. The highest BCUT2D eigenvalue weighted by Gasteiger charge is 2.21. The Balaban J connectivity index is 1.30. The fraction of sp³-hybridized carbons (Fsp3) is 0.292. The van der Waals surface area contributed by atoms with E-state index in [1.54, 1.807) is 6.07 Å². The van der Waals surface area contributed by atoms with Gasteiger partial charge in [-0.15, -0.1) is 0 Å². The van der Waals surface area contributed by atoms with E-state index >= 15 is 0 Å². The van der Waals surface area contributed by atoms with E-state index in [4.69, 9.17) is 0 Å². The number of anilines is 1. The van der Waals surface area contributed by atoms with Crippen molar-refractivity contribution in [3.8, 4) is 0 Å². The van der Waals surface area contributed by atoms with Crippen LogP contribution in [0.4, 0.5) is 10.1 Å². The molecular weight excluding hydrogens is 365 g/mol. The van der Waals surface area contributed by atoms with Gasteiger partial charge in [-0.25, -0.2) is 4.39 Å². The summed E-state index contributed by atoms with van der Waals surface area (Å²) >= 11 is 0. The Morgan fingerprint density at radius 2 is 1.66 bits per heavy atom. The second-order valence-corrected chi connectivity index (χ2v) is 7.61. The molecule has 3 aromatic carbocycles. The lowest BCUT2D eigenvalue weighted by Gasteiger charge is -2.36. The molecule has 1 N–H and O–H groups in total. The maximum Gasteiger partial charge on any atom is 0.234 e. The minimum Gasteiger partial charge on any atom is -0.367 e. The Kier molecular flexibility index (Phi) is 5.76. The highest BCUT2D eigenvalue weighted by molar-refractivity contribution is 5.83. The molecule has 1 heterocycles. The molecule has 1 amide bonds. The summed E-state index contributed by atoms with van der Waals surface area (Å²) in [6.07, 6.45) is 0. The van der Waals surface area contributed by atoms with Crippen molar-refractivity contribution in [2.75, 3.05) is 37.6 Å². The molecule has 0 aromatic heterocycles. The van der Waals surface area contributed by atoms with Crippen LogP contribution in [0.3, 0.4) is 0 Å². The number of hydrogen-bond acceptors (Lipinski definition) is 3. The van der Waals surface area contributed by atoms with Crippen LogP contribution in [0.5, 0.6) is 0 Å². The number of nitrogens with zero attached hydrogens (tertiary/aromatic N) is 2. The SMILES string of the molecule is CC(NC(=O)CN1CCN(c2ccccc2F)CC1)c1ccc2ccccc2c1. The Bertz CT molecular complexity index is 998. The lowest BCUT2D eigenvalue weighted by Crippen LogP contribution is -2.49. The van der Waals surface area contributed by atoms with Crippen molar-refractivity contribution in [3.05, 3.63) is 78.1 Å². The van der Waals surface area contributed by atoms with Crippen LogP contribution in [0.1, 0.15) is 18.5 Å². The maximum atomic E-state index is 14.0. The van der Waals surface area contributed by atoms with Crippen molar-refractivity contribution >= 4 is 22.4 Å². The van der Waals surface area contributed by atoms with E-state index in [1.165, 1.54) is 16.8 Å². The zero-order chi connectivity index (χ0) is 20.2. The molecule has 29 heavy (non-hydrogen) atoms. The van der Waals surface area contributed by atoms with Gasteiger partial charge < -0.3 is 10.2 Å². The highest BCUT2D eigenvalue weighted by atomic mass is 19.1. The number of nitrogens with one attached hydrogen (secondary N) is 1. The summed E-state index contributed by atoms with van der Waals surface area (Å²) in [5, 5.41) is 5.48. The summed E-state index contributed by atoms with van der Waals surface area (Å²) in [6, 6.07) is 21.3. The summed E-state index contributed by atoms with van der Waals surface area (Å²) in [5.74, 6) is -0.173. The fourth-order valence-corrected chi connectivity index (χ4v) is 3.91. The van der Waals surface area contributed by atoms with Crippen LogP contribution in [0, 0.1) is 5.82 Å². The van der Waals surface area contributed by atoms with Gasteiger partial charge in [0.2, 0.25) is 5.91 Å². The molecule has 1 saturated heterocycles. The van der Waals surface area contributed by atoms with Crippen LogP contribution >= 0.6 is 0 Å². The van der Waals surface area contributed by atoms with Gasteiger partial charge >= 0.3 is 0 Å². The lowest BCUT2D eigenvalue weighted by molar-refractivity contribution is -0.123. The van der Waals surface area contributed by atoms with E-state index in [1.807, 2.05) is 36.1 Å². The van der Waals surface area contributed by atoms with Crippen LogP contribution in [0.25, 0.3) is 10.8 Å². The number of rotatable bonds is 5. The summed E-state index contributed by atoms with van der Waals surface area (Å²) in [6.45, 7) is 5.29. The number of hydrogen-bond donors (Lipinski definition) is 1. The first-order valence-electron chi connectivity index (χ1n) is 10.1. The maximum absolute atomic E-state index is 14.0. The number of carbonyl (C=O) groups is 1. The van der Waals surface area contributed by atoms with Crippen LogP contribution in [-0.4, -0.2) is 43.5 Å². The van der Waals surface area contributed by atoms with Crippen LogP contribution in [0.2, 0.25) is 0 Å². The van der Waals surface area contributed by atoms with Gasteiger partial charge in [-0.2, -0.15) is 0 Å². The molecule has 3 aromatic rings. The standard InChI is InChI=1S/C24H26FN3O/c1-18(20-11-10-19-6-2-3-7-21(19)16-20)26-24(29)17-27-12-14-28(15-13-27)23-9-5-4-8-22(23)25/h2-11,16,18H,12-15,17H2,1H3,(H,26,29). The van der Waals surface area contributed by atoms with E-state index in [0.29, 0.717) is 25.3 Å². The monoisotopic (exact) mass is 391 g/mol. The molecule has 1 aliphatic heterocycles. The quantitative estimate of drug-likeness (QED) is 0.715. The largest absolute Gasteiger partial charge is 0.367 e. The summed E-state index contributed by atoms with van der Waals surface area (Å²) in [7, 11) is 0. The molecular formula is C24H26FN3O. The van der Waals surface area contributed by atoms with Gasteiger partial charge in [0.25, 0.3) is 0 Å². The van der Waals surface area contributed by atoms with E-state index in [9.17, 15) is 9.18 Å². The average Bonchev–Trinajstić information content (AvgIpc) is 2.74. The first-order chi connectivity index (χ1) is 14.1. The molecule has 0 bridgehead atoms. The summed E-state index contributed by atoms with van der Waals surface area (Å²) in [4.78, 5) is 16.7. The smallest absolute Gasteiger partial charge is 0.234 e. The number of halogens is 1. The van der Waals surface area contributed by atoms with Crippen molar-refractivity contribution in [3.63, 3.8) is 0 Å². The molecule has 4 nitrogen and oxygen atoms in total. The predicted octanol–water partition coefficient (Wildman–Crippen LogP) is 3.98. The van der Waals surface area contributed by atoms with Gasteiger partial charge in [0.15, 0.2) is 0 Å². The third kappa shape index (κ3) is 4.57. The summed E-state index contributed by atoms with van der Waals surface area (Å²) < 4.78 is 14.0. The fourth-order valence-electron chi connectivity index (χ4n) is 3.91.